The molecule has 0 bridgehead atoms. The Morgan fingerprint density at radius 2 is 1.05 bits per heavy atom. The first-order chi connectivity index (χ1) is 30.2. The number of rotatable bonds is 27. The molecule has 63 heavy (non-hydrogen) atoms. The second kappa shape index (κ2) is 31.9. The molecular weight excluding hydrogens is 785 g/mol. The van der Waals surface area contributed by atoms with Gasteiger partial charge in [0.25, 0.3) is 0 Å². The van der Waals surface area contributed by atoms with E-state index in [1.54, 1.807) is 12.1 Å². The number of hydrogen-bond donors (Lipinski definition) is 5. The zero-order valence-electron chi connectivity index (χ0n) is 40.7. The second-order valence-electron chi connectivity index (χ2n) is 18.9. The molecule has 7 heteroatoms. The van der Waals surface area contributed by atoms with Crippen LogP contribution >= 0.6 is 0 Å². The molecule has 0 fully saturated rings. The molecule has 2 unspecified atom stereocenters. The summed E-state index contributed by atoms with van der Waals surface area (Å²) in [6.45, 7) is 21.8. The number of phenols is 4. The zero-order valence-corrected chi connectivity index (χ0v) is 40.7. The van der Waals surface area contributed by atoms with Crippen LogP contribution in [0.3, 0.4) is 0 Å². The fourth-order valence-corrected chi connectivity index (χ4v) is 8.50. The molecule has 0 spiro atoms. The lowest BCUT2D eigenvalue weighted by molar-refractivity contribution is 0.0903. The predicted octanol–water partition coefficient (Wildman–Crippen LogP) is 16.1. The molecule has 7 nitrogen and oxygen atoms in total. The van der Waals surface area contributed by atoms with Crippen LogP contribution in [-0.4, -0.2) is 44.3 Å². The Balaban J connectivity index is 0.000000365. The Hall–Kier alpha value is -3.84. The first-order valence-electron chi connectivity index (χ1n) is 24.9. The first kappa shape index (κ1) is 55.3. The van der Waals surface area contributed by atoms with Gasteiger partial charge in [0.1, 0.15) is 34.5 Å². The number of allylic oxidation sites excluding steroid dienone is 5. The summed E-state index contributed by atoms with van der Waals surface area (Å²) in [7, 11) is 0. The standard InChI is InChI=1S/C28H44O3.C18H30O3.C10H16O/c1-5-6-7-8-9-10-11-12-13-14-17-31-23-19-26(29)28(27(30)20-23)25-18-22(4)15-16-24(25)21(2)3;1-2-3-4-5-6-7-8-9-10-11-12-21-18-14-16(19)13-17(20)15-18;1-8(2)9-4-6-10(3,11)7-5-9/h18-20,24-25,29-30H,2,5-17H2,1,3-4H3;13-15,19-20H,2-12H2,1H3;4,6,9,11H,1,5,7H2,2-3H3/t24-,25?;;9-,10?/m0.0/s1. The van der Waals surface area contributed by atoms with E-state index < -0.39 is 5.60 Å². The van der Waals surface area contributed by atoms with Crippen LogP contribution in [0, 0.1) is 11.8 Å². The van der Waals surface area contributed by atoms with E-state index in [0.717, 1.165) is 50.5 Å². The van der Waals surface area contributed by atoms with Crippen molar-refractivity contribution >= 4 is 0 Å². The van der Waals surface area contributed by atoms with E-state index in [9.17, 15) is 25.5 Å². The molecule has 4 atom stereocenters. The van der Waals surface area contributed by atoms with E-state index in [-0.39, 0.29) is 34.8 Å². The fourth-order valence-electron chi connectivity index (χ4n) is 8.50. The van der Waals surface area contributed by atoms with Crippen LogP contribution in [0.2, 0.25) is 0 Å². The van der Waals surface area contributed by atoms with Crippen molar-refractivity contribution in [3.8, 4) is 34.5 Å². The van der Waals surface area contributed by atoms with Crippen molar-refractivity contribution in [2.75, 3.05) is 13.2 Å². The van der Waals surface area contributed by atoms with Gasteiger partial charge in [-0.15, -0.1) is 0 Å². The summed E-state index contributed by atoms with van der Waals surface area (Å²) < 4.78 is 11.3. The van der Waals surface area contributed by atoms with E-state index >= 15 is 0 Å². The van der Waals surface area contributed by atoms with Crippen LogP contribution in [0.4, 0.5) is 0 Å². The van der Waals surface area contributed by atoms with Gasteiger partial charge in [0.05, 0.1) is 18.8 Å². The van der Waals surface area contributed by atoms with E-state index in [1.807, 2.05) is 26.8 Å². The van der Waals surface area contributed by atoms with Crippen LogP contribution in [0.15, 0.2) is 78.4 Å². The zero-order chi connectivity index (χ0) is 46.5. The molecule has 0 aromatic heterocycles. The molecule has 2 aliphatic rings. The predicted molar refractivity (Wildman–Crippen MR) is 266 cm³/mol. The van der Waals surface area contributed by atoms with Crippen molar-refractivity contribution in [1.82, 2.24) is 0 Å². The highest BCUT2D eigenvalue weighted by Crippen LogP contribution is 2.47. The van der Waals surface area contributed by atoms with Crippen molar-refractivity contribution in [2.45, 2.75) is 207 Å². The molecule has 0 aliphatic heterocycles. The van der Waals surface area contributed by atoms with Gasteiger partial charge in [-0.25, -0.2) is 0 Å². The van der Waals surface area contributed by atoms with Gasteiger partial charge >= 0.3 is 0 Å². The number of unbranched alkanes of at least 4 members (excludes halogenated alkanes) is 18. The number of ether oxygens (including phenoxy) is 2. The molecule has 0 amide bonds. The fraction of sp³-hybridized carbons (Fsp3) is 0.643. The quantitative estimate of drug-likeness (QED) is 0.0448. The highest BCUT2D eigenvalue weighted by atomic mass is 16.5. The molecule has 0 saturated heterocycles. The van der Waals surface area contributed by atoms with Gasteiger partial charge in [-0.05, 0) is 78.1 Å². The number of aromatic hydroxyl groups is 4. The largest absolute Gasteiger partial charge is 0.508 e. The Kier molecular flexibility index (Phi) is 28.0. The molecule has 2 aromatic rings. The van der Waals surface area contributed by atoms with Gasteiger partial charge in [0, 0.05) is 41.8 Å². The van der Waals surface area contributed by atoms with Crippen LogP contribution < -0.4 is 9.47 Å². The molecular formula is C56H90O7. The minimum atomic E-state index is -0.577. The third-order valence-corrected chi connectivity index (χ3v) is 12.5. The summed E-state index contributed by atoms with van der Waals surface area (Å²) in [5.41, 5.74) is 3.60. The summed E-state index contributed by atoms with van der Waals surface area (Å²) in [6.07, 6.45) is 35.9. The monoisotopic (exact) mass is 875 g/mol. The van der Waals surface area contributed by atoms with E-state index in [4.69, 9.17) is 9.47 Å². The smallest absolute Gasteiger partial charge is 0.126 e. The lowest BCUT2D eigenvalue weighted by atomic mass is 9.74. The number of aliphatic hydroxyl groups is 1. The average Bonchev–Trinajstić information content (AvgIpc) is 3.21. The third kappa shape index (κ3) is 24.1. The summed E-state index contributed by atoms with van der Waals surface area (Å²) in [4.78, 5) is 0. The number of benzene rings is 2. The summed E-state index contributed by atoms with van der Waals surface area (Å²) in [6, 6.07) is 7.65. The maximum absolute atomic E-state index is 10.7. The number of hydrogen-bond acceptors (Lipinski definition) is 7. The van der Waals surface area contributed by atoms with Crippen molar-refractivity contribution < 1.29 is 35.0 Å². The molecule has 0 radical (unpaired) electrons. The summed E-state index contributed by atoms with van der Waals surface area (Å²) in [5.74, 6) is 2.04. The highest BCUT2D eigenvalue weighted by molar-refractivity contribution is 5.53. The van der Waals surface area contributed by atoms with Gasteiger partial charge in [0.15, 0.2) is 0 Å². The Morgan fingerprint density at radius 1 is 0.619 bits per heavy atom. The maximum atomic E-state index is 10.7. The lowest BCUT2D eigenvalue weighted by Gasteiger charge is -2.31. The van der Waals surface area contributed by atoms with Crippen LogP contribution in [-0.2, 0) is 0 Å². The Morgan fingerprint density at radius 3 is 1.44 bits per heavy atom. The van der Waals surface area contributed by atoms with Gasteiger partial charge in [-0.3, -0.25) is 0 Å². The SMILES string of the molecule is C=C(C)[C@@H]1CCC(C)=CC1c1c(O)cc(OCCCCCCCCCCCC)cc1O.C=C(C)[C@H]1C=CC(C)(O)CC1.CCCCCCCCCCCCOc1cc(O)cc(O)c1. The average molecular weight is 875 g/mol. The highest BCUT2D eigenvalue weighted by Gasteiger charge is 2.30. The summed E-state index contributed by atoms with van der Waals surface area (Å²) in [5, 5.41) is 49.6. The Labute approximate surface area is 384 Å². The van der Waals surface area contributed by atoms with E-state index in [2.05, 4.69) is 46.1 Å². The van der Waals surface area contributed by atoms with Crippen LogP contribution in [0.5, 0.6) is 34.5 Å². The van der Waals surface area contributed by atoms with Gasteiger partial charge in [-0.1, -0.05) is 178 Å². The third-order valence-electron chi connectivity index (χ3n) is 12.5. The topological polar surface area (TPSA) is 120 Å². The van der Waals surface area contributed by atoms with Crippen LogP contribution in [0.25, 0.3) is 0 Å². The molecule has 356 valence electrons. The van der Waals surface area contributed by atoms with Crippen molar-refractivity contribution in [2.24, 2.45) is 11.8 Å². The first-order valence-corrected chi connectivity index (χ1v) is 24.9. The van der Waals surface area contributed by atoms with Gasteiger partial charge in [-0.2, -0.15) is 0 Å². The molecule has 2 aromatic carbocycles. The summed E-state index contributed by atoms with van der Waals surface area (Å²) >= 11 is 0. The van der Waals surface area contributed by atoms with Gasteiger partial charge in [0.2, 0.25) is 0 Å². The molecule has 4 rings (SSSR count). The van der Waals surface area contributed by atoms with Crippen molar-refractivity contribution in [1.29, 1.82) is 0 Å². The Bertz CT molecular complexity index is 1590. The lowest BCUT2D eigenvalue weighted by Crippen LogP contribution is -2.25. The van der Waals surface area contributed by atoms with E-state index in [0.29, 0.717) is 36.2 Å². The van der Waals surface area contributed by atoms with Crippen molar-refractivity contribution in [3.63, 3.8) is 0 Å². The van der Waals surface area contributed by atoms with E-state index in [1.165, 1.54) is 138 Å². The molecule has 2 aliphatic carbocycles. The minimum Gasteiger partial charge on any atom is -0.508 e. The normalized spacial score (nSPS) is 19.2. The second-order valence-corrected chi connectivity index (χ2v) is 18.9. The number of phenolic OH excluding ortho intramolecular Hbond substituents is 4. The minimum absolute atomic E-state index is 0.0353. The molecule has 0 saturated carbocycles. The molecule has 5 N–H and O–H groups in total. The maximum Gasteiger partial charge on any atom is 0.126 e. The van der Waals surface area contributed by atoms with Crippen molar-refractivity contribution in [3.05, 3.63) is 84.0 Å². The van der Waals surface area contributed by atoms with Crippen LogP contribution in [0.1, 0.15) is 207 Å². The molecule has 0 heterocycles. The van der Waals surface area contributed by atoms with Gasteiger partial charge < -0.3 is 35.0 Å².